The first-order chi connectivity index (χ1) is 7.13. The van der Waals surface area contributed by atoms with E-state index in [1.165, 1.54) is 12.2 Å². The molecule has 1 N–H and O–H groups in total. The van der Waals surface area contributed by atoms with E-state index in [-0.39, 0.29) is 23.0 Å². The smallest absolute Gasteiger partial charge is 0.330 e. The van der Waals surface area contributed by atoms with Gasteiger partial charge in [-0.25, -0.2) is 4.79 Å². The summed E-state index contributed by atoms with van der Waals surface area (Å²) in [6.07, 6.45) is 7.84. The van der Waals surface area contributed by atoms with Crippen molar-refractivity contribution in [3.05, 3.63) is 36.1 Å². The SMILES string of the molecule is CCOC(=O)/C=C/C1C=CC(O)=CC1Cl. The van der Waals surface area contributed by atoms with Crippen LogP contribution in [0.3, 0.4) is 0 Å². The van der Waals surface area contributed by atoms with Crippen molar-refractivity contribution < 1.29 is 14.6 Å². The lowest BCUT2D eigenvalue weighted by Crippen LogP contribution is -2.12. The second-order valence-electron chi connectivity index (χ2n) is 3.08. The third-order valence-corrected chi connectivity index (χ3v) is 2.34. The van der Waals surface area contributed by atoms with E-state index in [2.05, 4.69) is 0 Å². The van der Waals surface area contributed by atoms with Crippen LogP contribution >= 0.6 is 11.6 Å². The summed E-state index contributed by atoms with van der Waals surface area (Å²) in [7, 11) is 0. The number of aliphatic hydroxyl groups is 1. The maximum absolute atomic E-state index is 11.0. The number of ether oxygens (including phenoxy) is 1. The molecule has 0 saturated carbocycles. The van der Waals surface area contributed by atoms with Crippen LogP contribution in [0.1, 0.15) is 6.92 Å². The molecule has 0 aromatic carbocycles. The zero-order valence-electron chi connectivity index (χ0n) is 8.39. The Morgan fingerprint density at radius 3 is 3.07 bits per heavy atom. The second kappa shape index (κ2) is 5.61. The van der Waals surface area contributed by atoms with Crippen molar-refractivity contribution in [2.45, 2.75) is 12.3 Å². The van der Waals surface area contributed by atoms with E-state index in [9.17, 15) is 4.79 Å². The van der Waals surface area contributed by atoms with Crippen LogP contribution < -0.4 is 0 Å². The molecule has 0 saturated heterocycles. The number of allylic oxidation sites excluding steroid dienone is 4. The molecule has 0 fully saturated rings. The fourth-order valence-corrected chi connectivity index (χ4v) is 1.49. The standard InChI is InChI=1S/C11H13ClO3/c1-2-15-11(14)6-4-8-3-5-9(13)7-10(8)12/h3-8,10,13H,2H2,1H3/b6-4+. The number of hydrogen-bond donors (Lipinski definition) is 1. The van der Waals surface area contributed by atoms with Crippen LogP contribution in [0.5, 0.6) is 0 Å². The van der Waals surface area contributed by atoms with Crippen molar-refractivity contribution in [2.75, 3.05) is 6.61 Å². The number of hydrogen-bond acceptors (Lipinski definition) is 3. The van der Waals surface area contributed by atoms with E-state index in [0.29, 0.717) is 6.61 Å². The van der Waals surface area contributed by atoms with E-state index >= 15 is 0 Å². The van der Waals surface area contributed by atoms with Crippen LogP contribution in [-0.2, 0) is 9.53 Å². The van der Waals surface area contributed by atoms with Crippen molar-refractivity contribution in [1.82, 2.24) is 0 Å². The Balaban J connectivity index is 2.53. The summed E-state index contributed by atoms with van der Waals surface area (Å²) in [5.74, 6) is -0.323. The molecule has 1 rings (SSSR count). The molecule has 3 nitrogen and oxygen atoms in total. The van der Waals surface area contributed by atoms with Gasteiger partial charge in [-0.05, 0) is 19.1 Å². The van der Waals surface area contributed by atoms with E-state index in [1.54, 1.807) is 25.2 Å². The molecule has 2 atom stereocenters. The monoisotopic (exact) mass is 228 g/mol. The van der Waals surface area contributed by atoms with Gasteiger partial charge in [0.2, 0.25) is 0 Å². The van der Waals surface area contributed by atoms with Gasteiger partial charge in [0.15, 0.2) is 0 Å². The van der Waals surface area contributed by atoms with Gasteiger partial charge in [-0.1, -0.05) is 12.2 Å². The topological polar surface area (TPSA) is 46.5 Å². The predicted molar refractivity (Wildman–Crippen MR) is 58.8 cm³/mol. The molecule has 0 bridgehead atoms. The van der Waals surface area contributed by atoms with Crippen molar-refractivity contribution in [3.63, 3.8) is 0 Å². The Morgan fingerprint density at radius 1 is 1.73 bits per heavy atom. The van der Waals surface area contributed by atoms with Crippen molar-refractivity contribution in [2.24, 2.45) is 5.92 Å². The highest BCUT2D eigenvalue weighted by Gasteiger charge is 2.16. The van der Waals surface area contributed by atoms with Crippen LogP contribution in [0, 0.1) is 5.92 Å². The minimum atomic E-state index is -0.381. The molecular weight excluding hydrogens is 216 g/mol. The number of halogens is 1. The normalized spacial score (nSPS) is 25.3. The number of carbonyl (C=O) groups is 1. The fourth-order valence-electron chi connectivity index (χ4n) is 1.20. The summed E-state index contributed by atoms with van der Waals surface area (Å²) >= 11 is 5.95. The molecule has 15 heavy (non-hydrogen) atoms. The van der Waals surface area contributed by atoms with Gasteiger partial charge >= 0.3 is 5.97 Å². The molecule has 1 aliphatic carbocycles. The second-order valence-corrected chi connectivity index (χ2v) is 3.59. The van der Waals surface area contributed by atoms with E-state index in [0.717, 1.165) is 0 Å². The highest BCUT2D eigenvalue weighted by atomic mass is 35.5. The summed E-state index contributed by atoms with van der Waals surface area (Å²) in [4.78, 5) is 11.0. The minimum absolute atomic E-state index is 0.0908. The Hall–Kier alpha value is -1.22. The van der Waals surface area contributed by atoms with E-state index in [4.69, 9.17) is 21.4 Å². The van der Waals surface area contributed by atoms with Gasteiger partial charge in [-0.3, -0.25) is 0 Å². The first kappa shape index (κ1) is 11.9. The summed E-state index contributed by atoms with van der Waals surface area (Å²) in [6, 6.07) is 0. The zero-order valence-corrected chi connectivity index (χ0v) is 9.15. The van der Waals surface area contributed by atoms with Gasteiger partial charge < -0.3 is 9.84 Å². The van der Waals surface area contributed by atoms with Crippen LogP contribution in [0.15, 0.2) is 36.1 Å². The van der Waals surface area contributed by atoms with Gasteiger partial charge in [0.1, 0.15) is 5.76 Å². The Bertz CT molecular complexity index is 318. The lowest BCUT2D eigenvalue weighted by atomic mass is 9.99. The molecule has 1 aliphatic rings. The molecule has 0 amide bonds. The first-order valence-corrected chi connectivity index (χ1v) is 5.15. The molecule has 0 aromatic heterocycles. The number of rotatable bonds is 3. The van der Waals surface area contributed by atoms with Crippen molar-refractivity contribution in [1.29, 1.82) is 0 Å². The fraction of sp³-hybridized carbons (Fsp3) is 0.364. The maximum atomic E-state index is 11.0. The molecular formula is C11H13ClO3. The zero-order chi connectivity index (χ0) is 11.3. The van der Waals surface area contributed by atoms with Gasteiger partial charge in [-0.15, -0.1) is 11.6 Å². The van der Waals surface area contributed by atoms with E-state index < -0.39 is 0 Å². The Morgan fingerprint density at radius 2 is 2.47 bits per heavy atom. The van der Waals surface area contributed by atoms with Gasteiger partial charge in [-0.2, -0.15) is 0 Å². The molecule has 0 aliphatic heterocycles. The number of carbonyl (C=O) groups excluding carboxylic acids is 1. The lowest BCUT2D eigenvalue weighted by Gasteiger charge is -2.15. The van der Waals surface area contributed by atoms with Crippen LogP contribution in [0.25, 0.3) is 0 Å². The summed E-state index contributed by atoms with van der Waals surface area (Å²) in [5, 5.41) is 8.80. The average Bonchev–Trinajstić information content (AvgIpc) is 2.17. The Kier molecular flexibility index (Phi) is 4.43. The lowest BCUT2D eigenvalue weighted by molar-refractivity contribution is -0.137. The molecule has 0 radical (unpaired) electrons. The van der Waals surface area contributed by atoms with Crippen molar-refractivity contribution >= 4 is 17.6 Å². The first-order valence-electron chi connectivity index (χ1n) is 4.71. The molecule has 2 unspecified atom stereocenters. The third kappa shape index (κ3) is 3.80. The molecule has 0 aromatic rings. The largest absolute Gasteiger partial charge is 0.508 e. The molecule has 4 heteroatoms. The predicted octanol–water partition coefficient (Wildman–Crippen LogP) is 2.34. The van der Waals surface area contributed by atoms with Gasteiger partial charge in [0.25, 0.3) is 0 Å². The molecule has 0 spiro atoms. The minimum Gasteiger partial charge on any atom is -0.508 e. The van der Waals surface area contributed by atoms with Crippen LogP contribution in [0.4, 0.5) is 0 Å². The number of esters is 1. The Labute approximate surface area is 93.7 Å². The van der Waals surface area contributed by atoms with Crippen molar-refractivity contribution in [3.8, 4) is 0 Å². The highest BCUT2D eigenvalue weighted by molar-refractivity contribution is 6.22. The highest BCUT2D eigenvalue weighted by Crippen LogP contribution is 2.21. The van der Waals surface area contributed by atoms with E-state index in [1.807, 2.05) is 0 Å². The molecule has 0 heterocycles. The molecule has 82 valence electrons. The summed E-state index contributed by atoms with van der Waals surface area (Å²) < 4.78 is 4.73. The van der Waals surface area contributed by atoms with Crippen LogP contribution in [0.2, 0.25) is 0 Å². The number of aliphatic hydroxyl groups excluding tert-OH is 1. The average molecular weight is 229 g/mol. The quantitative estimate of drug-likeness (QED) is 0.458. The maximum Gasteiger partial charge on any atom is 0.330 e. The summed E-state index contributed by atoms with van der Waals surface area (Å²) in [5.41, 5.74) is 0. The van der Waals surface area contributed by atoms with Gasteiger partial charge in [0, 0.05) is 12.0 Å². The third-order valence-electron chi connectivity index (χ3n) is 1.93. The van der Waals surface area contributed by atoms with Crippen LogP contribution in [-0.4, -0.2) is 23.1 Å². The van der Waals surface area contributed by atoms with Gasteiger partial charge in [0.05, 0.1) is 12.0 Å². The number of alkyl halides is 1. The summed E-state index contributed by atoms with van der Waals surface area (Å²) in [6.45, 7) is 2.10.